The van der Waals surface area contributed by atoms with Gasteiger partial charge < -0.3 is 10.9 Å². The summed E-state index contributed by atoms with van der Waals surface area (Å²) >= 11 is 1.65. The monoisotopic (exact) mass is 242 g/mol. The van der Waals surface area contributed by atoms with Gasteiger partial charge in [-0.05, 0) is 20.3 Å². The smallest absolute Gasteiger partial charge is 0.156 e. The lowest BCUT2D eigenvalue weighted by atomic mass is 10.2. The second kappa shape index (κ2) is 5.81. The number of aryl methyl sites for hydroxylation is 1. The van der Waals surface area contributed by atoms with Gasteiger partial charge in [-0.3, -0.25) is 5.32 Å². The summed E-state index contributed by atoms with van der Waals surface area (Å²) in [5, 5.41) is 16.0. The van der Waals surface area contributed by atoms with E-state index in [4.69, 9.17) is 10.9 Å². The van der Waals surface area contributed by atoms with Crippen molar-refractivity contribution in [1.29, 1.82) is 0 Å². The molecular formula is C10H18N4OS. The first-order valence-corrected chi connectivity index (χ1v) is 6.05. The molecule has 0 saturated heterocycles. The molecule has 1 aromatic rings. The largest absolute Gasteiger partial charge is 0.409 e. The van der Waals surface area contributed by atoms with Gasteiger partial charge in [0, 0.05) is 11.1 Å². The van der Waals surface area contributed by atoms with E-state index < -0.39 is 0 Å². The quantitative estimate of drug-likeness (QED) is 0.317. The van der Waals surface area contributed by atoms with Crippen LogP contribution in [0.4, 0.5) is 0 Å². The fourth-order valence-electron chi connectivity index (χ4n) is 1.43. The Morgan fingerprint density at radius 2 is 2.44 bits per heavy atom. The first-order chi connectivity index (χ1) is 7.58. The van der Waals surface area contributed by atoms with Gasteiger partial charge >= 0.3 is 0 Å². The molecule has 90 valence electrons. The average molecular weight is 242 g/mol. The third-order valence-electron chi connectivity index (χ3n) is 2.34. The third-order valence-corrected chi connectivity index (χ3v) is 3.44. The summed E-state index contributed by atoms with van der Waals surface area (Å²) in [6, 6.07) is -0.0202. The molecule has 0 aliphatic heterocycles. The number of nitrogens with one attached hydrogen (secondary N) is 1. The molecule has 0 aliphatic carbocycles. The van der Waals surface area contributed by atoms with E-state index in [0.717, 1.165) is 11.4 Å². The van der Waals surface area contributed by atoms with Crippen molar-refractivity contribution in [3.63, 3.8) is 0 Å². The number of rotatable bonds is 5. The van der Waals surface area contributed by atoms with Crippen LogP contribution in [0.2, 0.25) is 0 Å². The van der Waals surface area contributed by atoms with E-state index in [9.17, 15) is 0 Å². The summed E-state index contributed by atoms with van der Waals surface area (Å²) in [6.45, 7) is 6.02. The number of nitrogens with two attached hydrogens (primary N) is 1. The number of hydrogen-bond acceptors (Lipinski definition) is 5. The predicted octanol–water partition coefficient (Wildman–Crippen LogP) is 1.63. The molecule has 16 heavy (non-hydrogen) atoms. The number of amidine groups is 1. The molecule has 6 heteroatoms. The van der Waals surface area contributed by atoms with E-state index in [-0.39, 0.29) is 17.9 Å². The average Bonchev–Trinajstić information content (AvgIpc) is 2.71. The lowest BCUT2D eigenvalue weighted by Crippen LogP contribution is -2.42. The van der Waals surface area contributed by atoms with Gasteiger partial charge in [0.1, 0.15) is 5.01 Å². The standard InChI is InChI=1S/C10H18N4OS/c1-4-8(9(11)14-15)13-7(3)10-12-5-6(2)16-10/h5,7-8,13,15H,4H2,1-3H3,(H2,11,14). The highest BCUT2D eigenvalue weighted by atomic mass is 32.1. The van der Waals surface area contributed by atoms with E-state index in [2.05, 4.69) is 15.5 Å². The lowest BCUT2D eigenvalue weighted by Gasteiger charge is -2.19. The molecule has 0 spiro atoms. The maximum absolute atomic E-state index is 8.63. The summed E-state index contributed by atoms with van der Waals surface area (Å²) in [7, 11) is 0. The number of hydrogen-bond donors (Lipinski definition) is 3. The highest BCUT2D eigenvalue weighted by Crippen LogP contribution is 2.19. The van der Waals surface area contributed by atoms with Gasteiger partial charge in [-0.15, -0.1) is 11.3 Å². The Bertz CT molecular complexity index is 363. The normalized spacial score (nSPS) is 16.1. The van der Waals surface area contributed by atoms with Gasteiger partial charge in [0.05, 0.1) is 12.1 Å². The molecule has 1 aromatic heterocycles. The molecule has 5 nitrogen and oxygen atoms in total. The maximum atomic E-state index is 8.63. The van der Waals surface area contributed by atoms with Gasteiger partial charge in [-0.25, -0.2) is 4.98 Å². The molecule has 1 rings (SSSR count). The molecule has 2 atom stereocenters. The molecule has 2 unspecified atom stereocenters. The number of thiazole rings is 1. The van der Waals surface area contributed by atoms with Crippen molar-refractivity contribution in [3.8, 4) is 0 Å². The highest BCUT2D eigenvalue weighted by Gasteiger charge is 2.17. The summed E-state index contributed by atoms with van der Waals surface area (Å²) in [6.07, 6.45) is 2.62. The zero-order valence-corrected chi connectivity index (χ0v) is 10.6. The van der Waals surface area contributed by atoms with E-state index in [1.807, 2.05) is 27.0 Å². The zero-order chi connectivity index (χ0) is 12.1. The first-order valence-electron chi connectivity index (χ1n) is 5.24. The van der Waals surface area contributed by atoms with Crippen LogP contribution in [-0.4, -0.2) is 22.1 Å². The Morgan fingerprint density at radius 3 is 2.88 bits per heavy atom. The fraction of sp³-hybridized carbons (Fsp3) is 0.600. The van der Waals surface area contributed by atoms with E-state index >= 15 is 0 Å². The molecule has 1 heterocycles. The Labute approximate surface area is 99.4 Å². The Hall–Kier alpha value is -1.14. The second-order valence-corrected chi connectivity index (χ2v) is 4.95. The minimum absolute atomic E-state index is 0.101. The van der Waals surface area contributed by atoms with Crippen molar-refractivity contribution in [2.24, 2.45) is 10.9 Å². The Morgan fingerprint density at radius 1 is 1.75 bits per heavy atom. The topological polar surface area (TPSA) is 83.5 Å². The molecule has 0 aromatic carbocycles. The van der Waals surface area contributed by atoms with Crippen LogP contribution in [0, 0.1) is 6.92 Å². The van der Waals surface area contributed by atoms with Crippen molar-refractivity contribution in [2.75, 3.05) is 0 Å². The van der Waals surface area contributed by atoms with Gasteiger partial charge in [-0.2, -0.15) is 0 Å². The van der Waals surface area contributed by atoms with Crippen molar-refractivity contribution >= 4 is 17.2 Å². The van der Waals surface area contributed by atoms with Crippen LogP contribution in [-0.2, 0) is 0 Å². The van der Waals surface area contributed by atoms with Crippen LogP contribution in [0.1, 0.15) is 36.2 Å². The molecule has 0 radical (unpaired) electrons. The van der Waals surface area contributed by atoms with E-state index in [1.165, 1.54) is 4.88 Å². The summed E-state index contributed by atoms with van der Waals surface area (Å²) in [4.78, 5) is 5.48. The molecule has 0 bridgehead atoms. The van der Waals surface area contributed by atoms with E-state index in [0.29, 0.717) is 0 Å². The summed E-state index contributed by atoms with van der Waals surface area (Å²) in [5.74, 6) is 0.211. The van der Waals surface area contributed by atoms with Crippen molar-refractivity contribution in [1.82, 2.24) is 10.3 Å². The SMILES string of the molecule is CCC(NC(C)c1ncc(C)s1)/C(N)=N/O. The Kier molecular flexibility index (Phi) is 4.70. The van der Waals surface area contributed by atoms with Gasteiger partial charge in [0.2, 0.25) is 0 Å². The third kappa shape index (κ3) is 3.18. The van der Waals surface area contributed by atoms with Gasteiger partial charge in [-0.1, -0.05) is 12.1 Å². The van der Waals surface area contributed by atoms with Crippen LogP contribution in [0.25, 0.3) is 0 Å². The van der Waals surface area contributed by atoms with Gasteiger partial charge in [0.15, 0.2) is 5.84 Å². The molecular weight excluding hydrogens is 224 g/mol. The molecule has 0 saturated carbocycles. The second-order valence-electron chi connectivity index (χ2n) is 3.68. The molecule has 0 fully saturated rings. The molecule has 0 aliphatic rings. The van der Waals surface area contributed by atoms with Crippen molar-refractivity contribution in [3.05, 3.63) is 16.1 Å². The molecule has 0 amide bonds. The molecule has 4 N–H and O–H groups in total. The first kappa shape index (κ1) is 12.9. The summed E-state index contributed by atoms with van der Waals surface area (Å²) < 4.78 is 0. The Balaban J connectivity index is 2.65. The minimum atomic E-state index is -0.121. The highest BCUT2D eigenvalue weighted by molar-refractivity contribution is 7.11. The number of oxime groups is 1. The van der Waals surface area contributed by atoms with Crippen LogP contribution in [0.5, 0.6) is 0 Å². The van der Waals surface area contributed by atoms with E-state index in [1.54, 1.807) is 11.3 Å². The number of aromatic nitrogens is 1. The zero-order valence-electron chi connectivity index (χ0n) is 9.77. The fourth-order valence-corrected chi connectivity index (χ4v) is 2.21. The minimum Gasteiger partial charge on any atom is -0.409 e. The van der Waals surface area contributed by atoms with Crippen molar-refractivity contribution in [2.45, 2.75) is 39.3 Å². The van der Waals surface area contributed by atoms with Crippen LogP contribution < -0.4 is 11.1 Å². The van der Waals surface area contributed by atoms with Crippen molar-refractivity contribution < 1.29 is 5.21 Å². The van der Waals surface area contributed by atoms with Crippen LogP contribution in [0.3, 0.4) is 0 Å². The van der Waals surface area contributed by atoms with Crippen LogP contribution in [0.15, 0.2) is 11.4 Å². The van der Waals surface area contributed by atoms with Crippen LogP contribution >= 0.6 is 11.3 Å². The van der Waals surface area contributed by atoms with Gasteiger partial charge in [0.25, 0.3) is 0 Å². The predicted molar refractivity (Wildman–Crippen MR) is 65.9 cm³/mol. The lowest BCUT2D eigenvalue weighted by molar-refractivity contribution is 0.313. The summed E-state index contributed by atoms with van der Waals surface area (Å²) in [5.41, 5.74) is 5.58. The maximum Gasteiger partial charge on any atom is 0.156 e. The number of nitrogens with zero attached hydrogens (tertiary/aromatic N) is 2.